The lowest BCUT2D eigenvalue weighted by molar-refractivity contribution is 0.0684. The minimum Gasteiger partial charge on any atom is -0.478 e. The Bertz CT molecular complexity index is 632. The van der Waals surface area contributed by atoms with Crippen molar-refractivity contribution in [1.82, 2.24) is 9.38 Å². The fraction of sp³-hybridized carbons (Fsp3) is 0.182. The third-order valence-electron chi connectivity index (χ3n) is 2.49. The number of hydrogen-bond donors (Lipinski definition) is 3. The standard InChI is InChI=1S/C11H10N2O5/c14-4-3-8-12-9(11(17)18)7-2-1-6(10(15)16)5-13(7)8/h1-2,5,14H,3-4H2,(H,15,16)(H,17,18). The lowest BCUT2D eigenvalue weighted by atomic mass is 10.2. The Balaban J connectivity index is 2.70. The molecular weight excluding hydrogens is 240 g/mol. The highest BCUT2D eigenvalue weighted by Gasteiger charge is 2.17. The maximum atomic E-state index is 11.0. The van der Waals surface area contributed by atoms with Gasteiger partial charge in [-0.25, -0.2) is 14.6 Å². The Morgan fingerprint density at radius 3 is 2.50 bits per heavy atom. The third-order valence-corrected chi connectivity index (χ3v) is 2.49. The molecule has 0 bridgehead atoms. The first-order chi connectivity index (χ1) is 8.54. The van der Waals surface area contributed by atoms with Crippen LogP contribution in [-0.2, 0) is 6.42 Å². The van der Waals surface area contributed by atoms with Gasteiger partial charge in [0.15, 0.2) is 5.69 Å². The topological polar surface area (TPSA) is 112 Å². The number of imidazole rings is 1. The number of aliphatic hydroxyl groups is 1. The normalized spacial score (nSPS) is 10.7. The van der Waals surface area contributed by atoms with Gasteiger partial charge in [0.2, 0.25) is 0 Å². The van der Waals surface area contributed by atoms with E-state index in [4.69, 9.17) is 15.3 Å². The first-order valence-electron chi connectivity index (χ1n) is 5.13. The highest BCUT2D eigenvalue weighted by Crippen LogP contribution is 2.15. The molecule has 0 radical (unpaired) electrons. The summed E-state index contributed by atoms with van der Waals surface area (Å²) in [6.45, 7) is -0.199. The molecule has 0 spiro atoms. The molecule has 0 saturated carbocycles. The van der Waals surface area contributed by atoms with Gasteiger partial charge in [0.25, 0.3) is 0 Å². The zero-order chi connectivity index (χ0) is 13.3. The van der Waals surface area contributed by atoms with Gasteiger partial charge in [-0.15, -0.1) is 0 Å². The molecule has 2 heterocycles. The van der Waals surface area contributed by atoms with Crippen LogP contribution in [0.3, 0.4) is 0 Å². The summed E-state index contributed by atoms with van der Waals surface area (Å²) in [5, 5.41) is 26.8. The van der Waals surface area contributed by atoms with Crippen molar-refractivity contribution in [2.45, 2.75) is 6.42 Å². The van der Waals surface area contributed by atoms with Crippen molar-refractivity contribution >= 4 is 17.5 Å². The smallest absolute Gasteiger partial charge is 0.356 e. The number of aliphatic hydroxyl groups excluding tert-OH is 1. The van der Waals surface area contributed by atoms with Crippen LogP contribution in [0, 0.1) is 0 Å². The number of rotatable bonds is 4. The van der Waals surface area contributed by atoms with Gasteiger partial charge in [0.05, 0.1) is 17.7 Å². The van der Waals surface area contributed by atoms with E-state index in [1.54, 1.807) is 0 Å². The monoisotopic (exact) mass is 250 g/mol. The van der Waals surface area contributed by atoms with Crippen molar-refractivity contribution in [3.05, 3.63) is 35.4 Å². The molecule has 0 aliphatic carbocycles. The molecule has 3 N–H and O–H groups in total. The molecule has 0 unspecified atom stereocenters. The van der Waals surface area contributed by atoms with Gasteiger partial charge in [-0.3, -0.25) is 0 Å². The Morgan fingerprint density at radius 2 is 1.94 bits per heavy atom. The summed E-state index contributed by atoms with van der Waals surface area (Å²) in [4.78, 5) is 25.7. The zero-order valence-electron chi connectivity index (χ0n) is 9.20. The lowest BCUT2D eigenvalue weighted by Gasteiger charge is -2.01. The summed E-state index contributed by atoms with van der Waals surface area (Å²) < 4.78 is 1.38. The van der Waals surface area contributed by atoms with Crippen molar-refractivity contribution < 1.29 is 24.9 Å². The van der Waals surface area contributed by atoms with Crippen molar-refractivity contribution in [2.24, 2.45) is 0 Å². The largest absolute Gasteiger partial charge is 0.478 e. The predicted molar refractivity (Wildman–Crippen MR) is 59.9 cm³/mol. The van der Waals surface area contributed by atoms with Crippen molar-refractivity contribution in [2.75, 3.05) is 6.61 Å². The summed E-state index contributed by atoms with van der Waals surface area (Å²) in [6, 6.07) is 2.70. The van der Waals surface area contributed by atoms with Crippen LogP contribution in [0.15, 0.2) is 18.3 Å². The number of nitrogens with zero attached hydrogens (tertiary/aromatic N) is 2. The average molecular weight is 250 g/mol. The summed E-state index contributed by atoms with van der Waals surface area (Å²) in [7, 11) is 0. The second-order valence-electron chi connectivity index (χ2n) is 3.63. The van der Waals surface area contributed by atoms with Crippen molar-refractivity contribution in [3.63, 3.8) is 0 Å². The second kappa shape index (κ2) is 4.46. The van der Waals surface area contributed by atoms with E-state index < -0.39 is 11.9 Å². The van der Waals surface area contributed by atoms with Gasteiger partial charge in [-0.05, 0) is 12.1 Å². The van der Waals surface area contributed by atoms with Gasteiger partial charge >= 0.3 is 11.9 Å². The number of carbonyl (C=O) groups is 2. The molecule has 2 aromatic heterocycles. The van der Waals surface area contributed by atoms with Crippen LogP contribution in [0.4, 0.5) is 0 Å². The lowest BCUT2D eigenvalue weighted by Crippen LogP contribution is -2.02. The van der Waals surface area contributed by atoms with Crippen LogP contribution in [-0.4, -0.2) is 43.2 Å². The molecular formula is C11H10N2O5. The molecule has 0 amide bonds. The first kappa shape index (κ1) is 12.1. The second-order valence-corrected chi connectivity index (χ2v) is 3.63. The Morgan fingerprint density at radius 1 is 1.22 bits per heavy atom. The first-order valence-corrected chi connectivity index (χ1v) is 5.13. The van der Waals surface area contributed by atoms with Crippen molar-refractivity contribution in [3.8, 4) is 0 Å². The van der Waals surface area contributed by atoms with Gasteiger partial charge in [0, 0.05) is 12.6 Å². The predicted octanol–water partition coefficient (Wildman–Crippen LogP) is 0.265. The summed E-state index contributed by atoms with van der Waals surface area (Å²) in [5.41, 5.74) is 0.169. The van der Waals surface area contributed by atoms with Gasteiger partial charge in [-0.1, -0.05) is 0 Å². The van der Waals surface area contributed by atoms with Crippen LogP contribution in [0.2, 0.25) is 0 Å². The molecule has 0 fully saturated rings. The fourth-order valence-corrected chi connectivity index (χ4v) is 1.71. The Hall–Kier alpha value is -2.41. The summed E-state index contributed by atoms with van der Waals surface area (Å²) in [6.07, 6.45) is 1.44. The van der Waals surface area contributed by atoms with E-state index in [0.29, 0.717) is 11.3 Å². The van der Waals surface area contributed by atoms with E-state index in [1.165, 1.54) is 22.7 Å². The SMILES string of the molecule is O=C(O)c1ccc2c(C(=O)O)nc(CCO)n2c1. The van der Waals surface area contributed by atoms with Gasteiger partial charge in [-0.2, -0.15) is 0 Å². The third kappa shape index (κ3) is 1.91. The zero-order valence-corrected chi connectivity index (χ0v) is 9.20. The Kier molecular flexibility index (Phi) is 2.99. The molecule has 7 heteroatoms. The average Bonchev–Trinajstić information content (AvgIpc) is 2.68. The van der Waals surface area contributed by atoms with E-state index in [9.17, 15) is 9.59 Å². The molecule has 7 nitrogen and oxygen atoms in total. The van der Waals surface area contributed by atoms with Gasteiger partial charge < -0.3 is 19.7 Å². The molecule has 0 aliphatic heterocycles. The van der Waals surface area contributed by atoms with E-state index in [2.05, 4.69) is 4.98 Å². The van der Waals surface area contributed by atoms with E-state index in [1.807, 2.05) is 0 Å². The number of aromatic nitrogens is 2. The Labute approximate surface area is 101 Å². The number of pyridine rings is 1. The number of fused-ring (bicyclic) bond motifs is 1. The molecule has 0 saturated heterocycles. The minimum absolute atomic E-state index is 0.0241. The molecule has 2 rings (SSSR count). The highest BCUT2D eigenvalue weighted by atomic mass is 16.4. The number of aromatic carboxylic acids is 2. The summed E-state index contributed by atoms with van der Waals surface area (Å²) >= 11 is 0. The number of carboxylic acid groups (broad SMARTS) is 2. The van der Waals surface area contributed by atoms with Gasteiger partial charge in [0.1, 0.15) is 5.82 Å². The van der Waals surface area contributed by atoms with E-state index in [-0.39, 0.29) is 24.3 Å². The van der Waals surface area contributed by atoms with Crippen LogP contribution in [0.25, 0.3) is 5.52 Å². The molecule has 0 aliphatic rings. The molecule has 2 aromatic rings. The molecule has 0 atom stereocenters. The summed E-state index contributed by atoms with van der Waals surface area (Å²) in [5.74, 6) is -2.00. The van der Waals surface area contributed by atoms with Crippen LogP contribution < -0.4 is 0 Å². The number of carboxylic acids is 2. The highest BCUT2D eigenvalue weighted by molar-refractivity contribution is 5.94. The van der Waals surface area contributed by atoms with E-state index >= 15 is 0 Å². The van der Waals surface area contributed by atoms with Crippen LogP contribution in [0.5, 0.6) is 0 Å². The van der Waals surface area contributed by atoms with Crippen molar-refractivity contribution in [1.29, 1.82) is 0 Å². The molecule has 18 heavy (non-hydrogen) atoms. The maximum absolute atomic E-state index is 11.0. The van der Waals surface area contributed by atoms with Crippen LogP contribution >= 0.6 is 0 Å². The maximum Gasteiger partial charge on any atom is 0.356 e. The molecule has 94 valence electrons. The van der Waals surface area contributed by atoms with Crippen LogP contribution in [0.1, 0.15) is 26.7 Å². The minimum atomic E-state index is -1.19. The molecule has 0 aromatic carbocycles. The van der Waals surface area contributed by atoms with E-state index in [0.717, 1.165) is 0 Å². The fourth-order valence-electron chi connectivity index (χ4n) is 1.71. The number of hydrogen-bond acceptors (Lipinski definition) is 4. The quantitative estimate of drug-likeness (QED) is 0.717.